The summed E-state index contributed by atoms with van der Waals surface area (Å²) in [4.78, 5) is 34.7. The van der Waals surface area contributed by atoms with E-state index in [1.165, 1.54) is 0 Å². The molecule has 126 valence electrons. The van der Waals surface area contributed by atoms with Crippen LogP contribution < -0.4 is 0 Å². The van der Waals surface area contributed by atoms with E-state index < -0.39 is 24.1 Å². The minimum Gasteiger partial charge on any atom is -0.441 e. The Balaban J connectivity index is 3.09. The Hall–Kier alpha value is -2.01. The maximum atomic E-state index is 11.6. The zero-order valence-corrected chi connectivity index (χ0v) is 13.4. The Labute approximate surface area is 136 Å². The zero-order chi connectivity index (χ0) is 17.1. The van der Waals surface area contributed by atoms with E-state index in [1.54, 1.807) is 12.1 Å². The Morgan fingerprint density at radius 2 is 1.83 bits per heavy atom. The van der Waals surface area contributed by atoms with Crippen molar-refractivity contribution in [3.8, 4) is 0 Å². The first kappa shape index (κ1) is 19.0. The first-order valence-electron chi connectivity index (χ1n) is 7.93. The predicted octanol–water partition coefficient (Wildman–Crippen LogP) is 2.41. The molecular formula is C18H24O5. The molecule has 0 heterocycles. The van der Waals surface area contributed by atoms with Crippen LogP contribution >= 0.6 is 0 Å². The average molecular weight is 320 g/mol. The van der Waals surface area contributed by atoms with E-state index in [0.29, 0.717) is 19.0 Å². The molecule has 23 heavy (non-hydrogen) atoms. The summed E-state index contributed by atoms with van der Waals surface area (Å²) in [6.45, 7) is 1.22. The molecule has 1 rings (SSSR count). The molecule has 1 unspecified atom stereocenters. The molecule has 5 nitrogen and oxygen atoms in total. The summed E-state index contributed by atoms with van der Waals surface area (Å²) in [5.41, 5.74) is -1.14. The smallest absolute Gasteiger partial charge is 0.333 e. The van der Waals surface area contributed by atoms with E-state index >= 15 is 0 Å². The highest BCUT2D eigenvalue weighted by Gasteiger charge is 2.43. The number of hydrogen-bond donors (Lipinski definition) is 1. The number of unbranched alkanes of at least 4 members (excludes halogenated alkanes) is 3. The van der Waals surface area contributed by atoms with Crippen molar-refractivity contribution in [2.45, 2.75) is 50.5 Å². The number of aliphatic hydroxyl groups excluding tert-OH is 1. The van der Waals surface area contributed by atoms with Crippen LogP contribution in [0.2, 0.25) is 0 Å². The van der Waals surface area contributed by atoms with Crippen LogP contribution in [0.15, 0.2) is 30.3 Å². The van der Waals surface area contributed by atoms with Gasteiger partial charge in [-0.25, -0.2) is 4.79 Å². The maximum Gasteiger partial charge on any atom is 0.333 e. The third-order valence-electron chi connectivity index (χ3n) is 3.88. The van der Waals surface area contributed by atoms with Gasteiger partial charge in [0.15, 0.2) is 12.6 Å². The van der Waals surface area contributed by atoms with Crippen molar-refractivity contribution in [2.75, 3.05) is 6.61 Å². The molecule has 0 bridgehead atoms. The predicted molar refractivity (Wildman–Crippen MR) is 86.0 cm³/mol. The fourth-order valence-corrected chi connectivity index (χ4v) is 2.65. The van der Waals surface area contributed by atoms with Crippen LogP contribution in [0, 0.1) is 0 Å². The van der Waals surface area contributed by atoms with Gasteiger partial charge >= 0.3 is 5.97 Å². The molecule has 0 saturated carbocycles. The maximum absolute atomic E-state index is 11.6. The lowest BCUT2D eigenvalue weighted by atomic mass is 9.80. The van der Waals surface area contributed by atoms with Gasteiger partial charge in [-0.3, -0.25) is 9.59 Å². The fraction of sp³-hybridized carbons (Fsp3) is 0.500. The lowest BCUT2D eigenvalue weighted by Gasteiger charge is -2.31. The van der Waals surface area contributed by atoms with Crippen molar-refractivity contribution in [3.05, 3.63) is 35.9 Å². The van der Waals surface area contributed by atoms with E-state index in [4.69, 9.17) is 9.84 Å². The standard InChI is InChI=1S/C18H24O5/c1-2-3-4-8-11-16(15-9-6-5-7-10-15)18(13-20,14-21)23-17(22)12-19/h5-7,9-10,13-14,16,19H,2-4,8,11-12H2,1H3. The highest BCUT2D eigenvalue weighted by atomic mass is 16.6. The highest BCUT2D eigenvalue weighted by Crippen LogP contribution is 2.34. The van der Waals surface area contributed by atoms with E-state index in [-0.39, 0.29) is 0 Å². The van der Waals surface area contributed by atoms with Crippen molar-refractivity contribution in [1.82, 2.24) is 0 Å². The molecule has 0 aliphatic carbocycles. The molecule has 0 saturated heterocycles. The van der Waals surface area contributed by atoms with Crippen LogP contribution in [0.4, 0.5) is 0 Å². The lowest BCUT2D eigenvalue weighted by Crippen LogP contribution is -2.45. The monoisotopic (exact) mass is 320 g/mol. The van der Waals surface area contributed by atoms with Crippen molar-refractivity contribution in [3.63, 3.8) is 0 Å². The Morgan fingerprint density at radius 1 is 1.17 bits per heavy atom. The van der Waals surface area contributed by atoms with E-state index in [2.05, 4.69) is 6.92 Å². The number of ether oxygens (including phenoxy) is 1. The SMILES string of the molecule is CCCCCCC(c1ccccc1)C(C=O)(C=O)OC(=O)CO. The Kier molecular flexibility index (Phi) is 8.19. The van der Waals surface area contributed by atoms with Gasteiger partial charge in [0.1, 0.15) is 6.61 Å². The largest absolute Gasteiger partial charge is 0.441 e. The number of rotatable bonds is 11. The molecule has 0 aliphatic heterocycles. The number of carbonyl (C=O) groups is 3. The van der Waals surface area contributed by atoms with Gasteiger partial charge in [-0.15, -0.1) is 0 Å². The summed E-state index contributed by atoms with van der Waals surface area (Å²) in [7, 11) is 0. The second-order valence-corrected chi connectivity index (χ2v) is 5.53. The van der Waals surface area contributed by atoms with Crippen molar-refractivity contribution >= 4 is 18.5 Å². The van der Waals surface area contributed by atoms with Gasteiger partial charge in [-0.1, -0.05) is 62.9 Å². The van der Waals surface area contributed by atoms with E-state index in [0.717, 1.165) is 31.2 Å². The molecule has 1 N–H and O–H groups in total. The summed E-state index contributed by atoms with van der Waals surface area (Å²) in [5, 5.41) is 8.88. The number of benzene rings is 1. The van der Waals surface area contributed by atoms with Crippen LogP contribution in [0.3, 0.4) is 0 Å². The molecule has 1 aromatic rings. The van der Waals surface area contributed by atoms with Crippen molar-refractivity contribution in [2.24, 2.45) is 0 Å². The molecule has 0 aliphatic rings. The van der Waals surface area contributed by atoms with Crippen LogP contribution in [0.5, 0.6) is 0 Å². The first-order valence-corrected chi connectivity index (χ1v) is 7.93. The van der Waals surface area contributed by atoms with Gasteiger partial charge in [0, 0.05) is 5.92 Å². The van der Waals surface area contributed by atoms with Gasteiger partial charge in [0.25, 0.3) is 0 Å². The molecular weight excluding hydrogens is 296 g/mol. The molecule has 0 radical (unpaired) electrons. The zero-order valence-electron chi connectivity index (χ0n) is 13.4. The normalized spacial score (nSPS) is 12.4. The second kappa shape index (κ2) is 9.90. The van der Waals surface area contributed by atoms with Gasteiger partial charge in [0.2, 0.25) is 5.60 Å². The van der Waals surface area contributed by atoms with Crippen LogP contribution in [-0.4, -0.2) is 35.9 Å². The number of aliphatic hydroxyl groups is 1. The third-order valence-corrected chi connectivity index (χ3v) is 3.88. The van der Waals surface area contributed by atoms with Gasteiger partial charge in [0.05, 0.1) is 0 Å². The van der Waals surface area contributed by atoms with Gasteiger partial charge < -0.3 is 9.84 Å². The van der Waals surface area contributed by atoms with Crippen LogP contribution in [0.1, 0.15) is 50.5 Å². The Morgan fingerprint density at radius 3 is 2.35 bits per heavy atom. The molecule has 1 atom stereocenters. The minimum absolute atomic E-state index is 0.366. The number of hydrogen-bond acceptors (Lipinski definition) is 5. The summed E-state index contributed by atoms with van der Waals surface area (Å²) >= 11 is 0. The second-order valence-electron chi connectivity index (χ2n) is 5.53. The molecule has 0 spiro atoms. The molecule has 0 fully saturated rings. The highest BCUT2D eigenvalue weighted by molar-refractivity contribution is 5.92. The van der Waals surface area contributed by atoms with Crippen LogP contribution in [-0.2, 0) is 19.1 Å². The van der Waals surface area contributed by atoms with Crippen molar-refractivity contribution < 1.29 is 24.2 Å². The summed E-state index contributed by atoms with van der Waals surface area (Å²) in [6, 6.07) is 9.06. The first-order chi connectivity index (χ1) is 11.1. The van der Waals surface area contributed by atoms with E-state index in [9.17, 15) is 14.4 Å². The summed E-state index contributed by atoms with van der Waals surface area (Å²) < 4.78 is 5.03. The van der Waals surface area contributed by atoms with Crippen LogP contribution in [0.25, 0.3) is 0 Å². The molecule has 0 amide bonds. The average Bonchev–Trinajstić information content (AvgIpc) is 2.61. The minimum atomic E-state index is -1.90. The van der Waals surface area contributed by atoms with Crippen molar-refractivity contribution in [1.29, 1.82) is 0 Å². The Bertz CT molecular complexity index is 489. The molecule has 1 aromatic carbocycles. The number of carbonyl (C=O) groups excluding carboxylic acids is 3. The van der Waals surface area contributed by atoms with Gasteiger partial charge in [-0.05, 0) is 12.0 Å². The topological polar surface area (TPSA) is 80.7 Å². The molecule has 0 aromatic heterocycles. The lowest BCUT2D eigenvalue weighted by molar-refractivity contribution is -0.170. The fourth-order valence-electron chi connectivity index (χ4n) is 2.65. The quantitative estimate of drug-likeness (QED) is 0.293. The third kappa shape index (κ3) is 5.28. The van der Waals surface area contributed by atoms with E-state index in [1.807, 2.05) is 18.2 Å². The number of esters is 1. The number of aldehydes is 2. The molecule has 5 heteroatoms. The van der Waals surface area contributed by atoms with Gasteiger partial charge in [-0.2, -0.15) is 0 Å². The summed E-state index contributed by atoms with van der Waals surface area (Å²) in [5.74, 6) is -1.55. The summed E-state index contributed by atoms with van der Waals surface area (Å²) in [6.07, 6.45) is 5.19.